The molecule has 0 spiro atoms. The van der Waals surface area contributed by atoms with E-state index in [0.717, 1.165) is 0 Å². The number of nitrogens with zero attached hydrogens (tertiary/aromatic N) is 3. The van der Waals surface area contributed by atoms with Crippen molar-refractivity contribution in [2.75, 3.05) is 32.5 Å². The zero-order valence-corrected chi connectivity index (χ0v) is 14.9. The van der Waals surface area contributed by atoms with Crippen LogP contribution in [0.1, 0.15) is 0 Å². The molecule has 0 aliphatic carbocycles. The van der Waals surface area contributed by atoms with Crippen molar-refractivity contribution in [1.82, 2.24) is 9.55 Å². The van der Waals surface area contributed by atoms with E-state index >= 15 is 0 Å². The molecule has 1 aliphatic rings. The van der Waals surface area contributed by atoms with Crippen molar-refractivity contribution in [2.45, 2.75) is 0 Å². The minimum Gasteiger partial charge on any atom is -0.466 e. The number of rotatable bonds is 4. The fraction of sp³-hybridized carbons (Fsp3) is 0.235. The van der Waals surface area contributed by atoms with Gasteiger partial charge in [0.2, 0.25) is 0 Å². The summed E-state index contributed by atoms with van der Waals surface area (Å²) in [5, 5.41) is 0.457. The molecular formula is C17H16ClN3O5. The Balaban J connectivity index is 2.20. The van der Waals surface area contributed by atoms with Gasteiger partial charge in [-0.25, -0.2) is 14.6 Å². The van der Waals surface area contributed by atoms with Crippen LogP contribution in [0, 0.1) is 0 Å². The van der Waals surface area contributed by atoms with Crippen LogP contribution in [0.2, 0.25) is 5.02 Å². The van der Waals surface area contributed by atoms with E-state index in [2.05, 4.69) is 4.98 Å². The third-order valence-corrected chi connectivity index (χ3v) is 4.08. The Kier molecular flexibility index (Phi) is 5.24. The molecule has 26 heavy (non-hydrogen) atoms. The second-order valence-corrected chi connectivity index (χ2v) is 5.76. The summed E-state index contributed by atoms with van der Waals surface area (Å²) in [6.07, 6.45) is 4.99. The summed E-state index contributed by atoms with van der Waals surface area (Å²) in [7, 11) is 2.48. The van der Waals surface area contributed by atoms with Crippen LogP contribution in [0.25, 0.3) is 5.69 Å². The van der Waals surface area contributed by atoms with Crippen LogP contribution in [-0.4, -0.2) is 49.0 Å². The fourth-order valence-electron chi connectivity index (χ4n) is 2.67. The average Bonchev–Trinajstić information content (AvgIpc) is 3.20. The first-order valence-electron chi connectivity index (χ1n) is 7.59. The number of methoxy groups -OCH3 is 2. The molecular weight excluding hydrogens is 362 g/mol. The number of benzene rings is 1. The van der Waals surface area contributed by atoms with E-state index in [9.17, 15) is 9.59 Å². The molecule has 0 amide bonds. The van der Waals surface area contributed by atoms with Crippen LogP contribution in [0.4, 0.5) is 5.69 Å². The van der Waals surface area contributed by atoms with Gasteiger partial charge in [-0.3, -0.25) is 0 Å². The standard InChI is InChI=1S/C17H16ClN3O5/c1-24-16(22)12-8-26-10-21(15(12)17(23)25-2)14-7-11(18)3-4-13(14)20-6-5-19-9-20/h3-7,9H,8,10H2,1-2H3. The van der Waals surface area contributed by atoms with E-state index in [4.69, 9.17) is 25.8 Å². The van der Waals surface area contributed by atoms with Crippen LogP contribution < -0.4 is 4.90 Å². The van der Waals surface area contributed by atoms with Crippen molar-refractivity contribution in [2.24, 2.45) is 0 Å². The second-order valence-electron chi connectivity index (χ2n) is 5.32. The lowest BCUT2D eigenvalue weighted by molar-refractivity contribution is -0.140. The average molecular weight is 378 g/mol. The van der Waals surface area contributed by atoms with Crippen LogP contribution in [0.5, 0.6) is 0 Å². The molecule has 0 radical (unpaired) electrons. The number of imidazole rings is 1. The summed E-state index contributed by atoms with van der Waals surface area (Å²) < 4.78 is 16.9. The van der Waals surface area contributed by atoms with Crippen molar-refractivity contribution in [3.8, 4) is 5.69 Å². The first-order valence-corrected chi connectivity index (χ1v) is 7.97. The zero-order valence-electron chi connectivity index (χ0n) is 14.1. The van der Waals surface area contributed by atoms with Crippen LogP contribution >= 0.6 is 11.6 Å². The van der Waals surface area contributed by atoms with Gasteiger partial charge in [-0.15, -0.1) is 0 Å². The summed E-state index contributed by atoms with van der Waals surface area (Å²) in [4.78, 5) is 30.1. The van der Waals surface area contributed by atoms with E-state index in [-0.39, 0.29) is 24.6 Å². The van der Waals surface area contributed by atoms with Gasteiger partial charge in [0, 0.05) is 17.4 Å². The number of esters is 2. The Hall–Kier alpha value is -2.84. The number of ether oxygens (including phenoxy) is 3. The number of hydrogen-bond acceptors (Lipinski definition) is 7. The van der Waals surface area contributed by atoms with E-state index in [1.54, 1.807) is 41.5 Å². The molecule has 0 fully saturated rings. The Bertz CT molecular complexity index is 863. The lowest BCUT2D eigenvalue weighted by atomic mass is 10.1. The lowest BCUT2D eigenvalue weighted by Gasteiger charge is -2.32. The Morgan fingerprint density at radius 1 is 1.19 bits per heavy atom. The number of carbonyl (C=O) groups excluding carboxylic acids is 2. The summed E-state index contributed by atoms with van der Waals surface area (Å²) in [6, 6.07) is 5.16. The summed E-state index contributed by atoms with van der Waals surface area (Å²) in [5.74, 6) is -1.34. The van der Waals surface area contributed by atoms with Crippen molar-refractivity contribution in [3.05, 3.63) is 53.2 Å². The predicted octanol–water partition coefficient (Wildman–Crippen LogP) is 1.92. The Morgan fingerprint density at radius 2 is 1.96 bits per heavy atom. The SMILES string of the molecule is COC(=O)C1=C(C(=O)OC)N(c2cc(Cl)ccc2-n2ccnc2)COC1. The van der Waals surface area contributed by atoms with Crippen molar-refractivity contribution >= 4 is 29.2 Å². The maximum absolute atomic E-state index is 12.4. The largest absolute Gasteiger partial charge is 0.466 e. The third kappa shape index (κ3) is 3.29. The minimum absolute atomic E-state index is 0.0347. The predicted molar refractivity (Wildman–Crippen MR) is 92.9 cm³/mol. The molecule has 3 rings (SSSR count). The van der Waals surface area contributed by atoms with Gasteiger partial charge in [0.05, 0.1) is 44.1 Å². The molecule has 2 aromatic rings. The van der Waals surface area contributed by atoms with Crippen LogP contribution in [0.3, 0.4) is 0 Å². The minimum atomic E-state index is -0.676. The highest BCUT2D eigenvalue weighted by Crippen LogP contribution is 2.33. The van der Waals surface area contributed by atoms with Gasteiger partial charge < -0.3 is 23.7 Å². The third-order valence-electron chi connectivity index (χ3n) is 3.84. The van der Waals surface area contributed by atoms with Gasteiger partial charge in [0.1, 0.15) is 12.4 Å². The van der Waals surface area contributed by atoms with Gasteiger partial charge in [-0.2, -0.15) is 0 Å². The maximum Gasteiger partial charge on any atom is 0.355 e. The van der Waals surface area contributed by atoms with Crippen LogP contribution in [-0.2, 0) is 23.8 Å². The lowest BCUT2D eigenvalue weighted by Crippen LogP contribution is -2.39. The van der Waals surface area contributed by atoms with Crippen molar-refractivity contribution < 1.29 is 23.8 Å². The van der Waals surface area contributed by atoms with Gasteiger partial charge in [0.25, 0.3) is 0 Å². The quantitative estimate of drug-likeness (QED) is 0.753. The molecule has 0 N–H and O–H groups in total. The van der Waals surface area contributed by atoms with Gasteiger partial charge in [-0.1, -0.05) is 11.6 Å². The number of anilines is 1. The van der Waals surface area contributed by atoms with E-state index < -0.39 is 11.9 Å². The highest BCUT2D eigenvalue weighted by atomic mass is 35.5. The fourth-order valence-corrected chi connectivity index (χ4v) is 2.83. The smallest absolute Gasteiger partial charge is 0.355 e. The maximum atomic E-state index is 12.4. The summed E-state index contributed by atoms with van der Waals surface area (Å²) >= 11 is 6.17. The molecule has 2 heterocycles. The van der Waals surface area contributed by atoms with Gasteiger partial charge >= 0.3 is 11.9 Å². The second kappa shape index (κ2) is 7.59. The van der Waals surface area contributed by atoms with Crippen LogP contribution in [0.15, 0.2) is 48.2 Å². The number of carbonyl (C=O) groups is 2. The Labute approximate surface area is 154 Å². The Morgan fingerprint density at radius 3 is 2.62 bits per heavy atom. The van der Waals surface area contributed by atoms with E-state index in [1.165, 1.54) is 19.1 Å². The van der Waals surface area contributed by atoms with Crippen molar-refractivity contribution in [3.63, 3.8) is 0 Å². The molecule has 0 bridgehead atoms. The first kappa shape index (κ1) is 18.0. The topological polar surface area (TPSA) is 82.9 Å². The first-order chi connectivity index (χ1) is 12.6. The molecule has 1 aromatic carbocycles. The highest BCUT2D eigenvalue weighted by Gasteiger charge is 2.33. The summed E-state index contributed by atoms with van der Waals surface area (Å²) in [5.41, 5.74) is 1.37. The molecule has 9 heteroatoms. The zero-order chi connectivity index (χ0) is 18.7. The molecule has 136 valence electrons. The molecule has 1 aliphatic heterocycles. The molecule has 8 nitrogen and oxygen atoms in total. The molecule has 0 saturated heterocycles. The van der Waals surface area contributed by atoms with Crippen molar-refractivity contribution in [1.29, 1.82) is 0 Å². The molecule has 0 unspecified atom stereocenters. The normalized spacial score (nSPS) is 14.3. The number of aromatic nitrogens is 2. The molecule has 0 atom stereocenters. The molecule has 0 saturated carbocycles. The number of halogens is 1. The summed E-state index contributed by atoms with van der Waals surface area (Å²) in [6.45, 7) is -0.0262. The number of hydrogen-bond donors (Lipinski definition) is 0. The molecule has 1 aromatic heterocycles. The van der Waals surface area contributed by atoms with Gasteiger partial charge in [-0.05, 0) is 18.2 Å². The van der Waals surface area contributed by atoms with E-state index in [0.29, 0.717) is 16.4 Å². The van der Waals surface area contributed by atoms with Gasteiger partial charge in [0.15, 0.2) is 0 Å². The van der Waals surface area contributed by atoms with E-state index in [1.807, 2.05) is 0 Å². The highest BCUT2D eigenvalue weighted by molar-refractivity contribution is 6.31. The monoisotopic (exact) mass is 377 g/mol.